The van der Waals surface area contributed by atoms with Crippen LogP contribution in [0.3, 0.4) is 0 Å². The Hall–Kier alpha value is -3.31. The number of ether oxygens (including phenoxy) is 7. The van der Waals surface area contributed by atoms with Crippen molar-refractivity contribution in [2.24, 2.45) is 0 Å². The zero-order valence-corrected chi connectivity index (χ0v) is 24.7. The Morgan fingerprint density at radius 1 is 0.535 bits per heavy atom. The van der Waals surface area contributed by atoms with Gasteiger partial charge in [0.05, 0.1) is 79.3 Å². The van der Waals surface area contributed by atoms with Gasteiger partial charge in [-0.1, -0.05) is 78.9 Å². The van der Waals surface area contributed by atoms with Gasteiger partial charge in [-0.3, -0.25) is 0 Å². The largest absolute Gasteiger partial charge is 0.449 e. The summed E-state index contributed by atoms with van der Waals surface area (Å²) in [5, 5.41) is 2.74. The monoisotopic (exact) mass is 593 g/mol. The van der Waals surface area contributed by atoms with E-state index in [9.17, 15) is 4.79 Å². The number of amides is 1. The van der Waals surface area contributed by atoms with E-state index in [4.69, 9.17) is 33.2 Å². The first-order chi connectivity index (χ1) is 21.3. The molecular formula is C34H43NO8. The fourth-order valence-electron chi connectivity index (χ4n) is 4.74. The quantitative estimate of drug-likeness (QED) is 0.166. The fraction of sp³-hybridized carbons (Fsp3) is 0.441. The Balaban J connectivity index is 0.880. The summed E-state index contributed by atoms with van der Waals surface area (Å²) in [5.41, 5.74) is 5.95. The van der Waals surface area contributed by atoms with Gasteiger partial charge in [-0.25, -0.2) is 4.79 Å². The maximum absolute atomic E-state index is 12.2. The van der Waals surface area contributed by atoms with Crippen LogP contribution in [0.2, 0.25) is 0 Å². The highest BCUT2D eigenvalue weighted by molar-refractivity contribution is 5.79. The first-order valence-electron chi connectivity index (χ1n) is 14.9. The second-order valence-electron chi connectivity index (χ2n) is 9.85. The molecule has 1 amide bonds. The lowest BCUT2D eigenvalue weighted by Gasteiger charge is -2.14. The van der Waals surface area contributed by atoms with Gasteiger partial charge in [0.25, 0.3) is 0 Å². The molecular weight excluding hydrogens is 550 g/mol. The van der Waals surface area contributed by atoms with Crippen LogP contribution in [0.25, 0.3) is 11.1 Å². The zero-order valence-electron chi connectivity index (χ0n) is 24.7. The molecule has 0 saturated carbocycles. The van der Waals surface area contributed by atoms with Crippen LogP contribution < -0.4 is 5.32 Å². The second kappa shape index (κ2) is 19.8. The minimum Gasteiger partial charge on any atom is -0.449 e. The van der Waals surface area contributed by atoms with E-state index in [0.29, 0.717) is 92.4 Å². The van der Waals surface area contributed by atoms with Crippen molar-refractivity contribution in [1.29, 1.82) is 0 Å². The molecule has 9 heteroatoms. The van der Waals surface area contributed by atoms with Crippen molar-refractivity contribution in [3.8, 4) is 11.1 Å². The Morgan fingerprint density at radius 3 is 1.51 bits per heavy atom. The molecule has 4 rings (SSSR count). The molecule has 0 heterocycles. The third kappa shape index (κ3) is 11.7. The summed E-state index contributed by atoms with van der Waals surface area (Å²) < 4.78 is 38.6. The summed E-state index contributed by atoms with van der Waals surface area (Å²) in [7, 11) is 0. The number of fused-ring (bicyclic) bond motifs is 3. The molecule has 0 bridgehead atoms. The maximum atomic E-state index is 12.2. The number of benzene rings is 3. The lowest BCUT2D eigenvalue weighted by Crippen LogP contribution is -2.29. The Morgan fingerprint density at radius 2 is 0.977 bits per heavy atom. The molecule has 0 aromatic heterocycles. The lowest BCUT2D eigenvalue weighted by atomic mass is 9.98. The fourth-order valence-corrected chi connectivity index (χ4v) is 4.74. The number of carbonyl (C=O) groups is 1. The Kier molecular flexibility index (Phi) is 15.0. The Labute approximate surface area is 254 Å². The van der Waals surface area contributed by atoms with Crippen LogP contribution in [-0.2, 0) is 39.8 Å². The summed E-state index contributed by atoms with van der Waals surface area (Å²) >= 11 is 0. The van der Waals surface area contributed by atoms with Gasteiger partial charge in [0, 0.05) is 12.5 Å². The smallest absolute Gasteiger partial charge is 0.407 e. The molecule has 1 aliphatic rings. The minimum absolute atomic E-state index is 0.0456. The van der Waals surface area contributed by atoms with Gasteiger partial charge < -0.3 is 38.5 Å². The summed E-state index contributed by atoms with van der Waals surface area (Å²) in [5.74, 6) is 0.0456. The second-order valence-corrected chi connectivity index (χ2v) is 9.85. The van der Waals surface area contributed by atoms with Crippen molar-refractivity contribution in [1.82, 2.24) is 5.32 Å². The highest BCUT2D eigenvalue weighted by Crippen LogP contribution is 2.44. The molecule has 0 atom stereocenters. The number of hydrogen-bond acceptors (Lipinski definition) is 8. The molecule has 9 nitrogen and oxygen atoms in total. The van der Waals surface area contributed by atoms with Crippen molar-refractivity contribution in [3.05, 3.63) is 95.6 Å². The van der Waals surface area contributed by atoms with Crippen LogP contribution in [0, 0.1) is 0 Å². The van der Waals surface area contributed by atoms with Crippen molar-refractivity contribution in [2.45, 2.75) is 12.5 Å². The summed E-state index contributed by atoms with van der Waals surface area (Å²) in [6.45, 7) is 6.66. The number of carbonyl (C=O) groups excluding carboxylic acids is 1. The van der Waals surface area contributed by atoms with Gasteiger partial charge in [-0.15, -0.1) is 0 Å². The number of nitrogens with one attached hydrogen (secondary N) is 1. The molecule has 0 unspecified atom stereocenters. The van der Waals surface area contributed by atoms with Crippen LogP contribution in [0.5, 0.6) is 0 Å². The molecule has 0 aliphatic heterocycles. The first kappa shape index (κ1) is 32.6. The van der Waals surface area contributed by atoms with Gasteiger partial charge >= 0.3 is 6.09 Å². The third-order valence-corrected chi connectivity index (χ3v) is 6.83. The highest BCUT2D eigenvalue weighted by Gasteiger charge is 2.28. The molecule has 232 valence electrons. The van der Waals surface area contributed by atoms with E-state index < -0.39 is 6.09 Å². The van der Waals surface area contributed by atoms with Crippen LogP contribution in [-0.4, -0.2) is 91.9 Å². The van der Waals surface area contributed by atoms with E-state index in [-0.39, 0.29) is 5.92 Å². The standard InChI is InChI=1S/C34H43NO8/c36-34(43-27-33-31-12-6-4-10-29(31)30-11-5-7-13-32(30)33)35-14-15-37-16-17-38-18-19-39-20-21-40-22-23-41-24-25-42-26-28-8-2-1-3-9-28/h1-13,33H,14-27H2,(H,35,36). The highest BCUT2D eigenvalue weighted by atomic mass is 16.6. The molecule has 43 heavy (non-hydrogen) atoms. The van der Waals surface area contributed by atoms with Gasteiger partial charge in [-0.05, 0) is 27.8 Å². The van der Waals surface area contributed by atoms with E-state index in [0.717, 1.165) is 5.56 Å². The van der Waals surface area contributed by atoms with Crippen molar-refractivity contribution < 1.29 is 38.0 Å². The molecule has 0 radical (unpaired) electrons. The molecule has 1 aliphatic carbocycles. The first-order valence-corrected chi connectivity index (χ1v) is 14.9. The predicted octanol–water partition coefficient (Wildman–Crippen LogP) is 4.82. The third-order valence-electron chi connectivity index (χ3n) is 6.83. The van der Waals surface area contributed by atoms with Crippen LogP contribution in [0.1, 0.15) is 22.6 Å². The van der Waals surface area contributed by atoms with E-state index in [1.54, 1.807) is 0 Å². The SMILES string of the molecule is O=C(NCCOCCOCCOCCOCCOCCOCc1ccccc1)OCC1c2ccccc2-c2ccccc21. The topological polar surface area (TPSA) is 93.7 Å². The molecule has 0 fully saturated rings. The number of alkyl carbamates (subject to hydrolysis) is 1. The van der Waals surface area contributed by atoms with Crippen molar-refractivity contribution in [3.63, 3.8) is 0 Å². The minimum atomic E-state index is -0.445. The van der Waals surface area contributed by atoms with Crippen LogP contribution in [0.4, 0.5) is 4.79 Å². The number of rotatable bonds is 22. The van der Waals surface area contributed by atoms with Gasteiger partial charge in [0.1, 0.15) is 6.61 Å². The molecule has 1 N–H and O–H groups in total. The van der Waals surface area contributed by atoms with Crippen LogP contribution in [0.15, 0.2) is 78.9 Å². The van der Waals surface area contributed by atoms with Gasteiger partial charge in [0.2, 0.25) is 0 Å². The molecule has 3 aromatic rings. The van der Waals surface area contributed by atoms with Gasteiger partial charge in [0.15, 0.2) is 0 Å². The Bertz CT molecular complexity index is 1150. The van der Waals surface area contributed by atoms with Crippen LogP contribution >= 0.6 is 0 Å². The normalized spacial score (nSPS) is 12.2. The summed E-state index contributed by atoms with van der Waals surface area (Å²) in [6.07, 6.45) is -0.445. The van der Waals surface area contributed by atoms with Crippen molar-refractivity contribution >= 4 is 6.09 Å². The maximum Gasteiger partial charge on any atom is 0.407 e. The van der Waals surface area contributed by atoms with E-state index in [1.165, 1.54) is 22.3 Å². The summed E-state index contributed by atoms with van der Waals surface area (Å²) in [4.78, 5) is 12.2. The zero-order chi connectivity index (χ0) is 29.8. The van der Waals surface area contributed by atoms with Gasteiger partial charge in [-0.2, -0.15) is 0 Å². The summed E-state index contributed by atoms with van der Waals surface area (Å²) in [6, 6.07) is 26.6. The average molecular weight is 594 g/mol. The lowest BCUT2D eigenvalue weighted by molar-refractivity contribution is -0.0175. The average Bonchev–Trinajstić information content (AvgIpc) is 3.37. The molecule has 3 aromatic carbocycles. The van der Waals surface area contributed by atoms with E-state index in [1.807, 2.05) is 54.6 Å². The van der Waals surface area contributed by atoms with E-state index >= 15 is 0 Å². The molecule has 0 saturated heterocycles. The predicted molar refractivity (Wildman–Crippen MR) is 163 cm³/mol. The molecule has 0 spiro atoms. The van der Waals surface area contributed by atoms with E-state index in [2.05, 4.69) is 29.6 Å². The number of hydrogen-bond donors (Lipinski definition) is 1. The van der Waals surface area contributed by atoms with Crippen molar-refractivity contribution in [2.75, 3.05) is 85.8 Å².